The van der Waals surface area contributed by atoms with Crippen molar-refractivity contribution in [2.45, 2.75) is 0 Å². The van der Waals surface area contributed by atoms with Crippen LogP contribution in [-0.4, -0.2) is 53.9 Å². The van der Waals surface area contributed by atoms with Gasteiger partial charge in [-0.3, -0.25) is 9.69 Å². The molecule has 0 saturated carbocycles. The second-order valence-corrected chi connectivity index (χ2v) is 6.59. The van der Waals surface area contributed by atoms with E-state index in [0.29, 0.717) is 29.8 Å². The monoisotopic (exact) mass is 353 g/mol. The predicted octanol–water partition coefficient (Wildman–Crippen LogP) is 0.0673. The number of thiocarbonyl (C=S) groups is 1. The Bertz CT molecular complexity index is 678. The quantitative estimate of drug-likeness (QED) is 0.555. The summed E-state index contributed by atoms with van der Waals surface area (Å²) in [6, 6.07) is 3.59. The zero-order chi connectivity index (χ0) is 16.4. The molecule has 0 aromatic carbocycles. The smallest absolute Gasteiger partial charge is 0.266 e. The van der Waals surface area contributed by atoms with E-state index in [1.165, 1.54) is 0 Å². The number of ether oxygens (including phenoxy) is 1. The third-order valence-electron chi connectivity index (χ3n) is 3.37. The van der Waals surface area contributed by atoms with E-state index in [2.05, 4.69) is 4.90 Å². The van der Waals surface area contributed by atoms with Crippen LogP contribution in [0.1, 0.15) is 5.76 Å². The molecule has 2 aliphatic heterocycles. The summed E-state index contributed by atoms with van der Waals surface area (Å²) in [6.07, 6.45) is 1.57. The van der Waals surface area contributed by atoms with E-state index in [0.717, 1.165) is 29.8 Å². The second-order valence-electron chi connectivity index (χ2n) is 4.92. The number of hydrogen-bond acceptors (Lipinski definition) is 8. The van der Waals surface area contributed by atoms with Gasteiger partial charge in [-0.1, -0.05) is 24.0 Å². The Kier molecular flexibility index (Phi) is 4.69. The summed E-state index contributed by atoms with van der Waals surface area (Å²) in [6.45, 7) is 2.26. The van der Waals surface area contributed by atoms with Crippen LogP contribution in [0, 0.1) is 0 Å². The van der Waals surface area contributed by atoms with Crippen molar-refractivity contribution < 1.29 is 23.8 Å². The van der Waals surface area contributed by atoms with Crippen molar-refractivity contribution in [1.29, 1.82) is 0 Å². The highest BCUT2D eigenvalue weighted by molar-refractivity contribution is 8.26. The molecule has 23 heavy (non-hydrogen) atoms. The Hall–Kier alpha value is -1.84. The number of anilines is 1. The van der Waals surface area contributed by atoms with E-state index in [1.807, 2.05) is 6.07 Å². The number of carboxylic acids is 1. The SMILES string of the molecule is O=C([O-])CN1C(=O)/C(=C/c2ccc(N3CCOCC3)o2)SC1=S. The van der Waals surface area contributed by atoms with Crippen molar-refractivity contribution in [3.8, 4) is 0 Å². The summed E-state index contributed by atoms with van der Waals surface area (Å²) < 4.78 is 11.2. The van der Waals surface area contributed by atoms with E-state index < -0.39 is 18.4 Å². The lowest BCUT2D eigenvalue weighted by molar-refractivity contribution is -0.305. The molecule has 0 atom stereocenters. The number of furan rings is 1. The first-order chi connectivity index (χ1) is 11.0. The van der Waals surface area contributed by atoms with Crippen LogP contribution < -0.4 is 10.0 Å². The first-order valence-electron chi connectivity index (χ1n) is 6.92. The molecule has 9 heteroatoms. The molecule has 1 aromatic rings. The molecular formula is C14H13N2O5S2-. The molecule has 122 valence electrons. The number of morpholine rings is 1. The largest absolute Gasteiger partial charge is 0.548 e. The minimum Gasteiger partial charge on any atom is -0.548 e. The molecule has 0 bridgehead atoms. The highest BCUT2D eigenvalue weighted by Crippen LogP contribution is 2.33. The van der Waals surface area contributed by atoms with Gasteiger partial charge in [0.2, 0.25) is 0 Å². The van der Waals surface area contributed by atoms with Gasteiger partial charge in [-0.15, -0.1) is 0 Å². The minimum absolute atomic E-state index is 0.199. The molecule has 0 aliphatic carbocycles. The fourth-order valence-corrected chi connectivity index (χ4v) is 3.50. The van der Waals surface area contributed by atoms with E-state index in [1.54, 1.807) is 12.1 Å². The molecule has 2 aliphatic rings. The van der Waals surface area contributed by atoms with Crippen LogP contribution in [0.4, 0.5) is 5.88 Å². The maximum Gasteiger partial charge on any atom is 0.266 e. The Morgan fingerprint density at radius 2 is 2.13 bits per heavy atom. The van der Waals surface area contributed by atoms with Crippen LogP contribution in [0.15, 0.2) is 21.5 Å². The van der Waals surface area contributed by atoms with Crippen molar-refractivity contribution in [2.24, 2.45) is 0 Å². The highest BCUT2D eigenvalue weighted by Gasteiger charge is 2.32. The fourth-order valence-electron chi connectivity index (χ4n) is 2.27. The number of rotatable bonds is 4. The molecule has 2 saturated heterocycles. The lowest BCUT2D eigenvalue weighted by Crippen LogP contribution is -2.40. The number of thioether (sulfide) groups is 1. The number of hydrogen-bond donors (Lipinski definition) is 0. The van der Waals surface area contributed by atoms with Crippen LogP contribution in [0.2, 0.25) is 0 Å². The number of amides is 1. The minimum atomic E-state index is -1.35. The lowest BCUT2D eigenvalue weighted by Gasteiger charge is -2.26. The first-order valence-corrected chi connectivity index (χ1v) is 8.15. The highest BCUT2D eigenvalue weighted by atomic mass is 32.2. The van der Waals surface area contributed by atoms with Crippen LogP contribution in [0.25, 0.3) is 6.08 Å². The standard InChI is InChI=1S/C14H14N2O5S2/c17-12(18)8-16-13(19)10(23-14(16)22)7-9-1-2-11(21-9)15-3-5-20-6-4-15/h1-2,7H,3-6,8H2,(H,17,18)/p-1/b10-7-. The van der Waals surface area contributed by atoms with Gasteiger partial charge in [-0.2, -0.15) is 0 Å². The summed E-state index contributed by atoms with van der Waals surface area (Å²) >= 11 is 6.07. The molecule has 0 spiro atoms. The first kappa shape index (κ1) is 16.0. The fraction of sp³-hybridized carbons (Fsp3) is 0.357. The summed E-state index contributed by atoms with van der Waals surface area (Å²) in [4.78, 5) is 26.2. The molecule has 0 unspecified atom stereocenters. The van der Waals surface area contributed by atoms with Gasteiger partial charge in [0, 0.05) is 25.2 Å². The second kappa shape index (κ2) is 6.73. The van der Waals surface area contributed by atoms with E-state index in [-0.39, 0.29) is 4.32 Å². The Morgan fingerprint density at radius 1 is 1.39 bits per heavy atom. The number of carbonyl (C=O) groups is 2. The molecule has 3 heterocycles. The van der Waals surface area contributed by atoms with E-state index >= 15 is 0 Å². The summed E-state index contributed by atoms with van der Waals surface area (Å²) in [5.74, 6) is -0.575. The Balaban J connectivity index is 1.74. The predicted molar refractivity (Wildman–Crippen MR) is 86.6 cm³/mol. The van der Waals surface area contributed by atoms with Gasteiger partial charge >= 0.3 is 0 Å². The Morgan fingerprint density at radius 3 is 2.83 bits per heavy atom. The van der Waals surface area contributed by atoms with Crippen LogP contribution in [-0.2, 0) is 14.3 Å². The van der Waals surface area contributed by atoms with E-state index in [4.69, 9.17) is 21.4 Å². The molecule has 1 aromatic heterocycles. The average molecular weight is 353 g/mol. The molecule has 0 radical (unpaired) electrons. The third kappa shape index (κ3) is 3.57. The van der Waals surface area contributed by atoms with Gasteiger partial charge in [0.25, 0.3) is 5.91 Å². The van der Waals surface area contributed by atoms with E-state index in [9.17, 15) is 14.7 Å². The van der Waals surface area contributed by atoms with Crippen molar-refractivity contribution in [1.82, 2.24) is 4.90 Å². The van der Waals surface area contributed by atoms with Gasteiger partial charge < -0.3 is 24.0 Å². The zero-order valence-corrected chi connectivity index (χ0v) is 13.7. The maximum atomic E-state index is 12.2. The topological polar surface area (TPSA) is 86.0 Å². The van der Waals surface area contributed by atoms with Crippen LogP contribution in [0.5, 0.6) is 0 Å². The van der Waals surface area contributed by atoms with Crippen molar-refractivity contribution in [3.63, 3.8) is 0 Å². The molecule has 3 rings (SSSR count). The molecular weight excluding hydrogens is 340 g/mol. The Labute approximate surface area is 141 Å². The van der Waals surface area contributed by atoms with Crippen LogP contribution >= 0.6 is 24.0 Å². The summed E-state index contributed by atoms with van der Waals surface area (Å²) in [5, 5.41) is 10.7. The molecule has 0 N–H and O–H groups in total. The number of nitrogens with zero attached hydrogens (tertiary/aromatic N) is 2. The molecule has 7 nitrogen and oxygen atoms in total. The third-order valence-corrected chi connectivity index (χ3v) is 4.75. The van der Waals surface area contributed by atoms with Gasteiger partial charge in [0.05, 0.1) is 30.6 Å². The average Bonchev–Trinajstić information content (AvgIpc) is 3.09. The van der Waals surface area contributed by atoms with Gasteiger partial charge in [-0.05, 0) is 6.07 Å². The van der Waals surface area contributed by atoms with Crippen molar-refractivity contribution in [2.75, 3.05) is 37.7 Å². The number of carbonyl (C=O) groups excluding carboxylic acids is 2. The van der Waals surface area contributed by atoms with Crippen molar-refractivity contribution >= 4 is 52.1 Å². The summed E-state index contributed by atoms with van der Waals surface area (Å²) in [7, 11) is 0. The molecule has 1 amide bonds. The van der Waals surface area contributed by atoms with Gasteiger partial charge in [-0.25, -0.2) is 0 Å². The normalized spacial score (nSPS) is 20.6. The molecule has 2 fully saturated rings. The lowest BCUT2D eigenvalue weighted by atomic mass is 10.3. The van der Waals surface area contributed by atoms with Gasteiger partial charge in [0.15, 0.2) is 5.88 Å². The number of aliphatic carboxylic acids is 1. The maximum absolute atomic E-state index is 12.2. The van der Waals surface area contributed by atoms with Crippen molar-refractivity contribution in [3.05, 3.63) is 22.8 Å². The number of carboxylic acid groups (broad SMARTS) is 1. The zero-order valence-electron chi connectivity index (χ0n) is 12.0. The summed E-state index contributed by atoms with van der Waals surface area (Å²) in [5.41, 5.74) is 0. The van der Waals surface area contributed by atoms with Gasteiger partial charge in [0.1, 0.15) is 10.1 Å². The van der Waals surface area contributed by atoms with Crippen LogP contribution in [0.3, 0.4) is 0 Å².